The third kappa shape index (κ3) is 3.41. The molecule has 5 heteroatoms. The number of likely N-dealkylation sites (tertiary alicyclic amines) is 1. The van der Waals surface area contributed by atoms with Crippen molar-refractivity contribution in [2.75, 3.05) is 13.1 Å². The highest BCUT2D eigenvalue weighted by Crippen LogP contribution is 2.39. The lowest BCUT2D eigenvalue weighted by Crippen LogP contribution is -2.29. The van der Waals surface area contributed by atoms with E-state index in [0.717, 1.165) is 19.0 Å². The lowest BCUT2D eigenvalue weighted by Gasteiger charge is -2.16. The van der Waals surface area contributed by atoms with E-state index in [2.05, 4.69) is 34.3 Å². The first-order valence-corrected chi connectivity index (χ1v) is 8.32. The van der Waals surface area contributed by atoms with Crippen LogP contribution in [0.15, 0.2) is 36.7 Å². The maximum atomic E-state index is 10.2. The van der Waals surface area contributed by atoms with Crippen LogP contribution in [0.4, 0.5) is 0 Å². The smallest absolute Gasteiger partial charge is 0.157 e. The highest BCUT2D eigenvalue weighted by Gasteiger charge is 2.33. The van der Waals surface area contributed by atoms with E-state index in [9.17, 15) is 5.11 Å². The van der Waals surface area contributed by atoms with E-state index in [0.29, 0.717) is 12.3 Å². The predicted octanol–water partition coefficient (Wildman–Crippen LogP) is 1.92. The van der Waals surface area contributed by atoms with Crippen molar-refractivity contribution < 1.29 is 9.84 Å². The average Bonchev–Trinajstić information content (AvgIpc) is 3.22. The van der Waals surface area contributed by atoms with Crippen molar-refractivity contribution in [3.63, 3.8) is 0 Å². The number of aliphatic hydroxyl groups is 1. The first-order valence-electron chi connectivity index (χ1n) is 8.32. The second-order valence-electron chi connectivity index (χ2n) is 6.78. The van der Waals surface area contributed by atoms with Crippen molar-refractivity contribution in [1.82, 2.24) is 14.7 Å². The fraction of sp³-hybridized carbons (Fsp3) is 0.500. The molecule has 1 saturated heterocycles. The average molecular weight is 313 g/mol. The van der Waals surface area contributed by atoms with Gasteiger partial charge < -0.3 is 9.84 Å². The summed E-state index contributed by atoms with van der Waals surface area (Å²) in [5, 5.41) is 14.3. The van der Waals surface area contributed by atoms with E-state index in [1.165, 1.54) is 24.0 Å². The molecule has 2 atom stereocenters. The van der Waals surface area contributed by atoms with E-state index >= 15 is 0 Å². The maximum Gasteiger partial charge on any atom is 0.157 e. The normalized spacial score (nSPS) is 25.0. The first-order chi connectivity index (χ1) is 11.2. The third-order valence-electron chi connectivity index (χ3n) is 4.72. The fourth-order valence-electron chi connectivity index (χ4n) is 3.28. The lowest BCUT2D eigenvalue weighted by molar-refractivity contribution is 0.0736. The number of hydrogen-bond acceptors (Lipinski definition) is 4. The molecule has 1 aromatic heterocycles. The van der Waals surface area contributed by atoms with Crippen LogP contribution in [0, 0.1) is 0 Å². The minimum atomic E-state index is -0.457. The largest absolute Gasteiger partial charge is 0.483 e. The summed E-state index contributed by atoms with van der Waals surface area (Å²) in [5.74, 6) is 1.52. The molecule has 0 bridgehead atoms. The number of ether oxygens (including phenoxy) is 1. The molecule has 2 fully saturated rings. The van der Waals surface area contributed by atoms with Gasteiger partial charge in [0, 0.05) is 26.7 Å². The molecular formula is C18H23N3O2. The Morgan fingerprint density at radius 1 is 1.22 bits per heavy atom. The quantitative estimate of drug-likeness (QED) is 0.916. The van der Waals surface area contributed by atoms with Gasteiger partial charge in [-0.25, -0.2) is 0 Å². The summed E-state index contributed by atoms with van der Waals surface area (Å²) >= 11 is 0. The van der Waals surface area contributed by atoms with Crippen LogP contribution < -0.4 is 4.74 Å². The van der Waals surface area contributed by atoms with Crippen LogP contribution in [0.2, 0.25) is 0 Å². The molecule has 23 heavy (non-hydrogen) atoms. The van der Waals surface area contributed by atoms with Gasteiger partial charge in [0.2, 0.25) is 0 Å². The number of β-amino-alcohol motifs (C(OH)–C–C–N with tert-alkyl or cyclic N) is 1. The molecule has 4 rings (SSSR count). The van der Waals surface area contributed by atoms with Crippen molar-refractivity contribution in [3.05, 3.63) is 47.8 Å². The van der Waals surface area contributed by atoms with Gasteiger partial charge in [-0.2, -0.15) is 5.10 Å². The number of benzene rings is 1. The Morgan fingerprint density at radius 2 is 2.00 bits per heavy atom. The van der Waals surface area contributed by atoms with Crippen LogP contribution >= 0.6 is 0 Å². The number of aryl methyl sites for hydroxylation is 1. The number of aromatic nitrogens is 2. The van der Waals surface area contributed by atoms with Gasteiger partial charge in [-0.15, -0.1) is 0 Å². The Hall–Kier alpha value is -1.85. The summed E-state index contributed by atoms with van der Waals surface area (Å²) in [6.07, 6.45) is 5.54. The van der Waals surface area contributed by atoms with Gasteiger partial charge in [0.15, 0.2) is 5.75 Å². The molecule has 1 aromatic carbocycles. The first kappa shape index (κ1) is 14.7. The number of hydrogen-bond donors (Lipinski definition) is 1. The van der Waals surface area contributed by atoms with Gasteiger partial charge in [0.05, 0.1) is 12.4 Å². The Labute approximate surface area is 136 Å². The molecule has 1 N–H and O–H groups in total. The molecule has 0 unspecified atom stereocenters. The monoisotopic (exact) mass is 313 g/mol. The molecule has 2 heterocycles. The molecule has 1 aliphatic carbocycles. The van der Waals surface area contributed by atoms with Gasteiger partial charge >= 0.3 is 0 Å². The molecule has 1 aliphatic heterocycles. The summed E-state index contributed by atoms with van der Waals surface area (Å²) < 4.78 is 7.56. The van der Waals surface area contributed by atoms with Crippen LogP contribution in [0.25, 0.3) is 0 Å². The third-order valence-corrected chi connectivity index (χ3v) is 4.72. The van der Waals surface area contributed by atoms with E-state index < -0.39 is 6.10 Å². The maximum absolute atomic E-state index is 10.2. The van der Waals surface area contributed by atoms with Crippen molar-refractivity contribution in [2.45, 2.75) is 37.5 Å². The summed E-state index contributed by atoms with van der Waals surface area (Å²) in [6, 6.07) is 8.94. The Kier molecular flexibility index (Phi) is 3.83. The van der Waals surface area contributed by atoms with Gasteiger partial charge in [-0.1, -0.05) is 24.3 Å². The van der Waals surface area contributed by atoms with Crippen molar-refractivity contribution in [3.8, 4) is 5.75 Å². The number of nitrogens with zero attached hydrogens (tertiary/aromatic N) is 3. The molecular weight excluding hydrogens is 290 g/mol. The molecule has 0 amide bonds. The summed E-state index contributed by atoms with van der Waals surface area (Å²) in [6.45, 7) is 2.24. The minimum absolute atomic E-state index is 0.190. The van der Waals surface area contributed by atoms with Gasteiger partial charge in [-0.05, 0) is 29.9 Å². The summed E-state index contributed by atoms with van der Waals surface area (Å²) in [7, 11) is 1.86. The molecule has 1 saturated carbocycles. The van der Waals surface area contributed by atoms with Gasteiger partial charge in [-0.3, -0.25) is 9.58 Å². The molecule has 2 aromatic rings. The zero-order chi connectivity index (χ0) is 15.8. The molecule has 122 valence electrons. The zero-order valence-corrected chi connectivity index (χ0v) is 13.4. The highest BCUT2D eigenvalue weighted by molar-refractivity contribution is 5.28. The van der Waals surface area contributed by atoms with Gasteiger partial charge in [0.25, 0.3) is 0 Å². The minimum Gasteiger partial charge on any atom is -0.483 e. The molecule has 0 spiro atoms. The topological polar surface area (TPSA) is 50.5 Å². The Morgan fingerprint density at radius 3 is 2.65 bits per heavy atom. The zero-order valence-electron chi connectivity index (χ0n) is 13.4. The Balaban J connectivity index is 1.34. The van der Waals surface area contributed by atoms with Crippen LogP contribution in [0.5, 0.6) is 5.75 Å². The van der Waals surface area contributed by atoms with E-state index in [1.807, 2.05) is 13.2 Å². The van der Waals surface area contributed by atoms with Crippen molar-refractivity contribution in [1.29, 1.82) is 0 Å². The molecule has 5 nitrogen and oxygen atoms in total. The molecule has 2 aliphatic rings. The van der Waals surface area contributed by atoms with Crippen LogP contribution in [-0.4, -0.2) is 45.1 Å². The number of aliphatic hydroxyl groups excluding tert-OH is 1. The second kappa shape index (κ2) is 5.98. The number of rotatable bonds is 5. The van der Waals surface area contributed by atoms with Gasteiger partial charge in [0.1, 0.15) is 12.2 Å². The summed E-state index contributed by atoms with van der Waals surface area (Å²) in [4.78, 5) is 2.25. The van der Waals surface area contributed by atoms with Crippen LogP contribution in [0.1, 0.15) is 29.9 Å². The Bertz CT molecular complexity index is 663. The fourth-order valence-corrected chi connectivity index (χ4v) is 3.28. The second-order valence-corrected chi connectivity index (χ2v) is 6.78. The predicted molar refractivity (Wildman–Crippen MR) is 87.3 cm³/mol. The van der Waals surface area contributed by atoms with E-state index in [1.54, 1.807) is 10.9 Å². The standard InChI is InChI=1S/C18H23N3O2/c1-20-10-16(8-19-20)23-18-12-21(11-17(18)22)9-13-2-4-14(5-3-13)15-6-7-15/h2-5,8,10,15,17-18,22H,6-7,9,11-12H2,1H3/t17-,18-/m1/s1. The van der Waals surface area contributed by atoms with Crippen molar-refractivity contribution >= 4 is 0 Å². The van der Waals surface area contributed by atoms with E-state index in [-0.39, 0.29) is 6.10 Å². The highest BCUT2D eigenvalue weighted by atomic mass is 16.5. The van der Waals surface area contributed by atoms with E-state index in [4.69, 9.17) is 4.74 Å². The van der Waals surface area contributed by atoms with Crippen LogP contribution in [-0.2, 0) is 13.6 Å². The van der Waals surface area contributed by atoms with Crippen LogP contribution in [0.3, 0.4) is 0 Å². The SMILES string of the molecule is Cn1cc(O[C@@H]2CN(Cc3ccc(C4CC4)cc3)C[C@H]2O)cn1. The lowest BCUT2D eigenvalue weighted by atomic mass is 10.1. The van der Waals surface area contributed by atoms with Crippen molar-refractivity contribution in [2.24, 2.45) is 7.05 Å². The summed E-state index contributed by atoms with van der Waals surface area (Å²) in [5.41, 5.74) is 2.76. The molecule has 0 radical (unpaired) electrons.